The molecule has 1 aliphatic heterocycles. The van der Waals surface area contributed by atoms with Crippen molar-refractivity contribution in [3.05, 3.63) is 11.9 Å². The number of hydrogen-bond acceptors (Lipinski definition) is 3. The molecular formula is C11H13FO3. The van der Waals surface area contributed by atoms with E-state index in [1.807, 2.05) is 0 Å². The van der Waals surface area contributed by atoms with Crippen LogP contribution in [-0.2, 0) is 14.3 Å². The highest BCUT2D eigenvalue weighted by atomic mass is 19.1. The van der Waals surface area contributed by atoms with Crippen molar-refractivity contribution in [1.29, 1.82) is 0 Å². The van der Waals surface area contributed by atoms with Gasteiger partial charge in [0.25, 0.3) is 0 Å². The third-order valence-corrected chi connectivity index (χ3v) is 3.41. The zero-order chi connectivity index (χ0) is 10.5. The van der Waals surface area contributed by atoms with E-state index in [9.17, 15) is 9.18 Å². The molecule has 0 aromatic rings. The summed E-state index contributed by atoms with van der Waals surface area (Å²) in [6, 6.07) is 0. The van der Waals surface area contributed by atoms with Crippen molar-refractivity contribution in [3.63, 3.8) is 0 Å². The van der Waals surface area contributed by atoms with E-state index in [-0.39, 0.29) is 0 Å². The van der Waals surface area contributed by atoms with Crippen LogP contribution in [-0.4, -0.2) is 23.8 Å². The van der Waals surface area contributed by atoms with Crippen LogP contribution in [0.25, 0.3) is 0 Å². The fourth-order valence-electron chi connectivity index (χ4n) is 2.65. The minimum absolute atomic E-state index is 0.490. The Balaban J connectivity index is 1.81. The predicted octanol–water partition coefficient (Wildman–Crippen LogP) is 1.87. The van der Waals surface area contributed by atoms with Gasteiger partial charge in [0.1, 0.15) is 6.10 Å². The normalized spacial score (nSPS) is 38.2. The quantitative estimate of drug-likeness (QED) is 0.615. The number of ketones is 1. The Hall–Kier alpha value is -0.740. The molecule has 4 heteroatoms. The van der Waals surface area contributed by atoms with E-state index in [2.05, 4.69) is 0 Å². The summed E-state index contributed by atoms with van der Waals surface area (Å²) in [5, 5.41) is 0. The largest absolute Gasteiger partial charge is 0.339 e. The average molecular weight is 212 g/mol. The second kappa shape index (κ2) is 3.12. The van der Waals surface area contributed by atoms with Gasteiger partial charge < -0.3 is 9.47 Å². The first-order chi connectivity index (χ1) is 7.20. The first-order valence-corrected chi connectivity index (χ1v) is 5.47. The summed E-state index contributed by atoms with van der Waals surface area (Å²) in [5.41, 5.74) is 0. The van der Waals surface area contributed by atoms with Gasteiger partial charge >= 0.3 is 0 Å². The van der Waals surface area contributed by atoms with Crippen LogP contribution in [0, 0.1) is 0 Å². The van der Waals surface area contributed by atoms with E-state index in [1.54, 1.807) is 0 Å². The smallest absolute Gasteiger partial charge is 0.222 e. The Morgan fingerprint density at radius 3 is 2.67 bits per heavy atom. The summed E-state index contributed by atoms with van der Waals surface area (Å²) in [7, 11) is 0. The maximum absolute atomic E-state index is 12.9. The number of hydrogen-bond donors (Lipinski definition) is 0. The minimum Gasteiger partial charge on any atom is -0.339 e. The summed E-state index contributed by atoms with van der Waals surface area (Å²) in [6.07, 6.45) is 4.97. The lowest BCUT2D eigenvalue weighted by atomic mass is 9.94. The van der Waals surface area contributed by atoms with Gasteiger partial charge in [-0.25, -0.2) is 4.39 Å². The van der Waals surface area contributed by atoms with Gasteiger partial charge in [0, 0.05) is 12.8 Å². The number of ether oxygens (including phenoxy) is 2. The molecule has 0 N–H and O–H groups in total. The van der Waals surface area contributed by atoms with Gasteiger partial charge in [-0.2, -0.15) is 0 Å². The summed E-state index contributed by atoms with van der Waals surface area (Å²) in [6.45, 7) is 0. The molecule has 0 aromatic heterocycles. The van der Waals surface area contributed by atoms with Gasteiger partial charge in [0.05, 0.1) is 0 Å². The molecule has 0 aromatic carbocycles. The highest BCUT2D eigenvalue weighted by Gasteiger charge is 2.53. The van der Waals surface area contributed by atoms with Crippen molar-refractivity contribution in [1.82, 2.24) is 0 Å². The van der Waals surface area contributed by atoms with Crippen molar-refractivity contribution in [2.24, 2.45) is 0 Å². The zero-order valence-electron chi connectivity index (χ0n) is 8.37. The Bertz CT molecular complexity index is 331. The predicted molar refractivity (Wildman–Crippen MR) is 49.8 cm³/mol. The van der Waals surface area contributed by atoms with Crippen LogP contribution in [0.5, 0.6) is 0 Å². The van der Waals surface area contributed by atoms with Gasteiger partial charge in [-0.15, -0.1) is 0 Å². The summed E-state index contributed by atoms with van der Waals surface area (Å²) >= 11 is 0. The van der Waals surface area contributed by atoms with Crippen LogP contribution in [0.2, 0.25) is 0 Å². The number of carbonyl (C=O) groups is 1. The van der Waals surface area contributed by atoms with Gasteiger partial charge in [-0.05, 0) is 18.9 Å². The van der Waals surface area contributed by atoms with Crippen molar-refractivity contribution >= 4 is 5.78 Å². The highest BCUT2D eigenvalue weighted by Crippen LogP contribution is 2.43. The van der Waals surface area contributed by atoms with Crippen molar-refractivity contribution in [2.45, 2.75) is 50.1 Å². The Morgan fingerprint density at radius 2 is 2.00 bits per heavy atom. The molecule has 1 heterocycles. The maximum Gasteiger partial charge on any atom is 0.222 e. The summed E-state index contributed by atoms with van der Waals surface area (Å²) < 4.78 is 24.3. The average Bonchev–Trinajstić information content (AvgIpc) is 2.67. The molecule has 15 heavy (non-hydrogen) atoms. The molecule has 82 valence electrons. The molecule has 1 spiro atoms. The molecule has 3 aliphatic rings. The van der Waals surface area contributed by atoms with Crippen LogP contribution >= 0.6 is 0 Å². The molecule has 3 rings (SSSR count). The van der Waals surface area contributed by atoms with Crippen LogP contribution in [0.15, 0.2) is 11.9 Å². The minimum atomic E-state index is -0.719. The Labute approximate surface area is 87.2 Å². The van der Waals surface area contributed by atoms with Crippen molar-refractivity contribution < 1.29 is 18.7 Å². The third-order valence-electron chi connectivity index (χ3n) is 3.41. The molecule has 2 aliphatic carbocycles. The lowest BCUT2D eigenvalue weighted by Gasteiger charge is -2.31. The molecule has 1 saturated carbocycles. The molecule has 0 amide bonds. The number of rotatable bonds is 0. The summed E-state index contributed by atoms with van der Waals surface area (Å²) in [5.74, 6) is -1.86. The molecule has 2 fully saturated rings. The molecule has 0 radical (unpaired) electrons. The van der Waals surface area contributed by atoms with Crippen LogP contribution in [0.1, 0.15) is 32.1 Å². The molecule has 0 bridgehead atoms. The number of carbonyl (C=O) groups excluding carboxylic acids is 1. The fraction of sp³-hybridized carbons (Fsp3) is 0.727. The fourth-order valence-corrected chi connectivity index (χ4v) is 2.65. The first kappa shape index (κ1) is 9.48. The zero-order valence-corrected chi connectivity index (χ0v) is 8.37. The monoisotopic (exact) mass is 212 g/mol. The third kappa shape index (κ3) is 1.35. The van der Waals surface area contributed by atoms with E-state index >= 15 is 0 Å². The van der Waals surface area contributed by atoms with E-state index in [0.717, 1.165) is 25.7 Å². The van der Waals surface area contributed by atoms with E-state index in [0.29, 0.717) is 0 Å². The lowest BCUT2D eigenvalue weighted by Crippen LogP contribution is -2.34. The second-order valence-corrected chi connectivity index (χ2v) is 4.47. The molecular weight excluding hydrogens is 199 g/mol. The van der Waals surface area contributed by atoms with Crippen molar-refractivity contribution in [2.75, 3.05) is 0 Å². The van der Waals surface area contributed by atoms with Crippen LogP contribution in [0.4, 0.5) is 4.39 Å². The van der Waals surface area contributed by atoms with Crippen molar-refractivity contribution in [3.8, 4) is 0 Å². The maximum atomic E-state index is 12.9. The Morgan fingerprint density at radius 1 is 1.27 bits per heavy atom. The molecule has 1 saturated heterocycles. The molecule has 3 nitrogen and oxygen atoms in total. The standard InChI is InChI=1S/C11H13FO3/c12-7-6-8-10(9(7)13)15-11(14-8)4-2-1-3-5-11/h6,8,10H,1-5H2. The van der Waals surface area contributed by atoms with E-state index in [4.69, 9.17) is 9.47 Å². The van der Waals surface area contributed by atoms with Gasteiger partial charge in [-0.1, -0.05) is 6.42 Å². The van der Waals surface area contributed by atoms with Gasteiger partial charge in [0.15, 0.2) is 17.7 Å². The molecule has 2 atom stereocenters. The highest BCUT2D eigenvalue weighted by molar-refractivity contribution is 6.00. The number of fused-ring (bicyclic) bond motifs is 1. The Kier molecular flexibility index (Phi) is 1.97. The SMILES string of the molecule is O=C1C(F)=CC2OC3(CCCCC3)OC12. The van der Waals surface area contributed by atoms with Crippen LogP contribution in [0.3, 0.4) is 0 Å². The number of halogens is 1. The second-order valence-electron chi connectivity index (χ2n) is 4.47. The van der Waals surface area contributed by atoms with E-state index < -0.39 is 29.6 Å². The molecule has 2 unspecified atom stereocenters. The van der Waals surface area contributed by atoms with Gasteiger partial charge in [-0.3, -0.25) is 4.79 Å². The van der Waals surface area contributed by atoms with Crippen LogP contribution < -0.4 is 0 Å². The summed E-state index contributed by atoms with van der Waals surface area (Å²) in [4.78, 5) is 11.4. The first-order valence-electron chi connectivity index (χ1n) is 5.47. The topological polar surface area (TPSA) is 35.5 Å². The van der Waals surface area contributed by atoms with E-state index in [1.165, 1.54) is 12.5 Å². The lowest BCUT2D eigenvalue weighted by molar-refractivity contribution is -0.193. The van der Waals surface area contributed by atoms with Gasteiger partial charge in [0.2, 0.25) is 5.78 Å². The number of Topliss-reactive ketones (excluding diaryl/α,β-unsaturated/α-hetero) is 1.